The maximum Gasteiger partial charge on any atom is 0.0267 e. The summed E-state index contributed by atoms with van der Waals surface area (Å²) in [5.41, 5.74) is 0. The number of nitrogens with zero attached hydrogens (tertiary/aromatic N) is 1. The van der Waals surface area contributed by atoms with E-state index in [-0.39, 0.29) is 0 Å². The minimum atomic E-state index is -1.75. The van der Waals surface area contributed by atoms with Gasteiger partial charge < -0.3 is 0 Å². The predicted molar refractivity (Wildman–Crippen MR) is 41.8 cm³/mol. The molecule has 0 bridgehead atoms. The molecule has 1 rings (SSSR count). The average Bonchev–Trinajstić information content (AvgIpc) is 1.90. The first-order valence-electron chi connectivity index (χ1n) is 2.25. The quantitative estimate of drug-likeness (QED) is 0.668. The molecular formula is C5H5Cl3NRu. The van der Waals surface area contributed by atoms with E-state index < -0.39 is 13.0 Å². The molecule has 1 heterocycles. The van der Waals surface area contributed by atoms with Crippen molar-refractivity contribution < 1.29 is 13.0 Å². The molecule has 0 atom stereocenters. The summed E-state index contributed by atoms with van der Waals surface area (Å²) in [4.78, 5) is 3.78. The third-order valence-electron chi connectivity index (χ3n) is 0.566. The Bertz CT molecular complexity index is 117. The zero-order valence-corrected chi connectivity index (χ0v) is 8.83. The molecule has 0 unspecified atom stereocenters. The van der Waals surface area contributed by atoms with Crippen LogP contribution in [0.5, 0.6) is 0 Å². The van der Waals surface area contributed by atoms with E-state index in [1.165, 1.54) is 0 Å². The summed E-state index contributed by atoms with van der Waals surface area (Å²) in [7, 11) is 14.8. The summed E-state index contributed by atoms with van der Waals surface area (Å²) in [6, 6.07) is 5.72. The summed E-state index contributed by atoms with van der Waals surface area (Å²) in [6.45, 7) is 0. The Hall–Kier alpha value is 0.643. The van der Waals surface area contributed by atoms with Crippen molar-refractivity contribution in [3.05, 3.63) is 30.6 Å². The molecule has 59 valence electrons. The van der Waals surface area contributed by atoms with E-state index in [4.69, 9.17) is 29.1 Å². The number of hydrogen-bond donors (Lipinski definition) is 0. The molecule has 1 nitrogen and oxygen atoms in total. The van der Waals surface area contributed by atoms with Crippen LogP contribution >= 0.6 is 29.1 Å². The first-order valence-corrected chi connectivity index (χ1v) is 8.96. The summed E-state index contributed by atoms with van der Waals surface area (Å²) in [5, 5.41) is 0. The number of aromatic nitrogens is 1. The van der Waals surface area contributed by atoms with Gasteiger partial charge >= 0.3 is 42.1 Å². The van der Waals surface area contributed by atoms with E-state index in [0.29, 0.717) is 0 Å². The predicted octanol–water partition coefficient (Wildman–Crippen LogP) is 3.15. The SMILES string of the molecule is [Cl][Ru]([Cl])[Cl].c1ccncc1. The van der Waals surface area contributed by atoms with Gasteiger partial charge in [-0.05, 0) is 12.1 Å². The van der Waals surface area contributed by atoms with Crippen LogP contribution in [0.2, 0.25) is 0 Å². The number of pyridine rings is 1. The molecule has 1 aromatic heterocycles. The van der Waals surface area contributed by atoms with Gasteiger partial charge in [0.25, 0.3) is 0 Å². The second-order valence-corrected chi connectivity index (χ2v) is 9.09. The number of hydrogen-bond acceptors (Lipinski definition) is 1. The van der Waals surface area contributed by atoms with Crippen LogP contribution in [-0.2, 0) is 13.0 Å². The van der Waals surface area contributed by atoms with Crippen molar-refractivity contribution in [1.82, 2.24) is 4.98 Å². The van der Waals surface area contributed by atoms with Crippen molar-refractivity contribution in [3.63, 3.8) is 0 Å². The molecule has 0 aliphatic carbocycles. The molecule has 0 saturated heterocycles. The first kappa shape index (κ1) is 10.6. The standard InChI is InChI=1S/C5H5N.3ClH.Ru/c1-2-4-6-5-3-1;;;;/h1-5H;3*1H;/q;;;;+3/p-3. The Labute approximate surface area is 77.3 Å². The maximum atomic E-state index is 4.95. The summed E-state index contributed by atoms with van der Waals surface area (Å²) < 4.78 is 0. The van der Waals surface area contributed by atoms with E-state index in [0.717, 1.165) is 0 Å². The molecule has 0 spiro atoms. The van der Waals surface area contributed by atoms with Gasteiger partial charge in [0.15, 0.2) is 0 Å². The Morgan fingerprint density at radius 1 is 0.900 bits per heavy atom. The molecule has 0 radical (unpaired) electrons. The van der Waals surface area contributed by atoms with Crippen LogP contribution in [0.15, 0.2) is 30.6 Å². The van der Waals surface area contributed by atoms with Crippen molar-refractivity contribution in [2.45, 2.75) is 0 Å². The molecule has 10 heavy (non-hydrogen) atoms. The van der Waals surface area contributed by atoms with Gasteiger partial charge in [-0.15, -0.1) is 0 Å². The van der Waals surface area contributed by atoms with Crippen molar-refractivity contribution in [2.75, 3.05) is 0 Å². The van der Waals surface area contributed by atoms with E-state index in [1.54, 1.807) is 12.4 Å². The van der Waals surface area contributed by atoms with Gasteiger partial charge in [0.1, 0.15) is 0 Å². The van der Waals surface area contributed by atoms with E-state index in [9.17, 15) is 0 Å². The van der Waals surface area contributed by atoms with Crippen LogP contribution in [0.4, 0.5) is 0 Å². The summed E-state index contributed by atoms with van der Waals surface area (Å²) >= 11 is -1.75. The van der Waals surface area contributed by atoms with Gasteiger partial charge in [-0.25, -0.2) is 0 Å². The molecule has 0 saturated carbocycles. The minimum absolute atomic E-state index is 1.75. The van der Waals surface area contributed by atoms with Crippen LogP contribution in [0.1, 0.15) is 0 Å². The largest absolute Gasteiger partial charge is 0.265 e. The molecule has 0 aliphatic rings. The van der Waals surface area contributed by atoms with Crippen LogP contribution in [0, 0.1) is 0 Å². The third kappa shape index (κ3) is 11.4. The smallest absolute Gasteiger partial charge is 0.0267 e. The van der Waals surface area contributed by atoms with Crippen molar-refractivity contribution >= 4 is 29.1 Å². The van der Waals surface area contributed by atoms with Gasteiger partial charge in [0.05, 0.1) is 0 Å². The van der Waals surface area contributed by atoms with E-state index in [1.807, 2.05) is 18.2 Å². The first-order chi connectivity index (χ1) is 4.73. The fourth-order valence-electron chi connectivity index (χ4n) is 0.313. The fourth-order valence-corrected chi connectivity index (χ4v) is 0.313. The molecule has 1 aromatic rings. The van der Waals surface area contributed by atoms with Crippen LogP contribution in [-0.4, -0.2) is 4.98 Å². The van der Waals surface area contributed by atoms with Crippen molar-refractivity contribution in [2.24, 2.45) is 0 Å². The molecule has 0 aromatic carbocycles. The Morgan fingerprint density at radius 2 is 1.30 bits per heavy atom. The molecule has 0 fully saturated rings. The summed E-state index contributed by atoms with van der Waals surface area (Å²) in [5.74, 6) is 0. The second-order valence-electron chi connectivity index (χ2n) is 1.18. The molecule has 0 N–H and O–H groups in total. The maximum absolute atomic E-state index is 4.95. The molecule has 5 heteroatoms. The van der Waals surface area contributed by atoms with Gasteiger partial charge in [0, 0.05) is 12.4 Å². The monoisotopic (exact) mass is 286 g/mol. The van der Waals surface area contributed by atoms with Crippen LogP contribution < -0.4 is 0 Å². The van der Waals surface area contributed by atoms with Gasteiger partial charge in [0.2, 0.25) is 0 Å². The zero-order valence-electron chi connectivity index (χ0n) is 4.82. The minimum Gasteiger partial charge on any atom is -0.265 e. The average molecular weight is 287 g/mol. The van der Waals surface area contributed by atoms with Crippen molar-refractivity contribution in [1.29, 1.82) is 0 Å². The Kier molecular flexibility index (Phi) is 8.25. The van der Waals surface area contributed by atoms with Gasteiger partial charge in [-0.1, -0.05) is 6.07 Å². The normalized spacial score (nSPS) is 9.30. The summed E-state index contributed by atoms with van der Waals surface area (Å²) in [6.07, 6.45) is 3.50. The Morgan fingerprint density at radius 3 is 1.40 bits per heavy atom. The Balaban J connectivity index is 0.000000180. The van der Waals surface area contributed by atoms with Gasteiger partial charge in [-0.3, -0.25) is 4.98 Å². The van der Waals surface area contributed by atoms with E-state index in [2.05, 4.69) is 4.98 Å². The molecule has 0 aliphatic heterocycles. The molecular weight excluding hydrogens is 281 g/mol. The molecule has 0 amide bonds. The topological polar surface area (TPSA) is 12.9 Å². The van der Waals surface area contributed by atoms with E-state index >= 15 is 0 Å². The third-order valence-corrected chi connectivity index (χ3v) is 0.566. The fraction of sp³-hybridized carbons (Fsp3) is 0. The van der Waals surface area contributed by atoms with Crippen LogP contribution in [0.3, 0.4) is 0 Å². The second kappa shape index (κ2) is 7.75. The number of rotatable bonds is 0. The van der Waals surface area contributed by atoms with Crippen molar-refractivity contribution in [3.8, 4) is 0 Å². The zero-order chi connectivity index (χ0) is 7.82. The number of halogens is 3. The van der Waals surface area contributed by atoms with Crippen LogP contribution in [0.25, 0.3) is 0 Å². The van der Waals surface area contributed by atoms with Gasteiger partial charge in [-0.2, -0.15) is 0 Å².